The summed E-state index contributed by atoms with van der Waals surface area (Å²) in [7, 11) is 0. The lowest BCUT2D eigenvalue weighted by Gasteiger charge is -2.34. The maximum atomic E-state index is 10.9. The Morgan fingerprint density at radius 3 is 2.59 bits per heavy atom. The first-order chi connectivity index (χ1) is 8.33. The van der Waals surface area contributed by atoms with Crippen LogP contribution in [0.2, 0.25) is 0 Å². The van der Waals surface area contributed by atoms with Crippen molar-refractivity contribution in [2.24, 2.45) is 5.92 Å². The number of ether oxygens (including phenoxy) is 5. The zero-order valence-corrected chi connectivity index (χ0v) is 9.50. The molecule has 6 nitrogen and oxygen atoms in total. The zero-order valence-electron chi connectivity index (χ0n) is 9.50. The zero-order chi connectivity index (χ0) is 11.7. The summed E-state index contributed by atoms with van der Waals surface area (Å²) in [6, 6.07) is 0. The van der Waals surface area contributed by atoms with E-state index in [2.05, 4.69) is 0 Å². The third-order valence-corrected chi connectivity index (χ3v) is 3.64. The molecule has 2 aliphatic heterocycles. The number of hydrogen-bond acceptors (Lipinski definition) is 6. The molecule has 96 valence electrons. The van der Waals surface area contributed by atoms with E-state index in [4.69, 9.17) is 23.7 Å². The van der Waals surface area contributed by atoms with Gasteiger partial charge in [0.1, 0.15) is 26.3 Å². The Bertz CT molecular complexity index is 294. The lowest BCUT2D eigenvalue weighted by molar-refractivity contribution is -0.0892. The van der Waals surface area contributed by atoms with Crippen LogP contribution in [-0.4, -0.2) is 44.7 Å². The largest absolute Gasteiger partial charge is 0.508 e. The first kappa shape index (κ1) is 11.3. The Morgan fingerprint density at radius 2 is 1.82 bits per heavy atom. The van der Waals surface area contributed by atoms with Crippen LogP contribution in [-0.2, 0) is 23.7 Å². The maximum absolute atomic E-state index is 10.9. The van der Waals surface area contributed by atoms with E-state index in [1.165, 1.54) is 0 Å². The lowest BCUT2D eigenvalue weighted by atomic mass is 9.82. The fourth-order valence-electron chi connectivity index (χ4n) is 2.72. The molecule has 2 saturated heterocycles. The van der Waals surface area contributed by atoms with Gasteiger partial charge in [-0.15, -0.1) is 0 Å². The highest BCUT2D eigenvalue weighted by molar-refractivity contribution is 5.61. The smallest absolute Gasteiger partial charge is 0.430 e. The first-order valence-corrected chi connectivity index (χ1v) is 5.97. The molecule has 0 aromatic carbocycles. The summed E-state index contributed by atoms with van der Waals surface area (Å²) in [6.45, 7) is 0.931. The number of cyclic esters (lactones) is 2. The van der Waals surface area contributed by atoms with Crippen molar-refractivity contribution in [3.8, 4) is 0 Å². The molecule has 1 saturated carbocycles. The highest BCUT2D eigenvalue weighted by Crippen LogP contribution is 2.34. The highest BCUT2D eigenvalue weighted by atomic mass is 16.8. The fourth-order valence-corrected chi connectivity index (χ4v) is 2.72. The Labute approximate surface area is 99.1 Å². The minimum absolute atomic E-state index is 0.0375. The van der Waals surface area contributed by atoms with Crippen LogP contribution in [0, 0.1) is 5.92 Å². The van der Waals surface area contributed by atoms with Crippen molar-refractivity contribution in [3.05, 3.63) is 0 Å². The molecule has 0 spiro atoms. The van der Waals surface area contributed by atoms with Crippen LogP contribution in [0.25, 0.3) is 0 Å². The Hall–Kier alpha value is -0.850. The third kappa shape index (κ3) is 2.38. The Morgan fingerprint density at radius 1 is 1.00 bits per heavy atom. The quantitative estimate of drug-likeness (QED) is 0.642. The molecule has 3 aliphatic rings. The number of rotatable bonds is 1. The van der Waals surface area contributed by atoms with Gasteiger partial charge >= 0.3 is 6.16 Å². The van der Waals surface area contributed by atoms with Crippen LogP contribution in [0.5, 0.6) is 0 Å². The van der Waals surface area contributed by atoms with Gasteiger partial charge in [-0.05, 0) is 19.3 Å². The maximum Gasteiger partial charge on any atom is 0.508 e. The molecule has 3 rings (SSSR count). The molecule has 4 unspecified atom stereocenters. The molecular weight excluding hydrogens is 228 g/mol. The van der Waals surface area contributed by atoms with Crippen molar-refractivity contribution >= 4 is 6.16 Å². The van der Waals surface area contributed by atoms with Gasteiger partial charge in [0, 0.05) is 5.92 Å². The van der Waals surface area contributed by atoms with Gasteiger partial charge < -0.3 is 23.7 Å². The van der Waals surface area contributed by atoms with E-state index in [9.17, 15) is 4.79 Å². The molecule has 17 heavy (non-hydrogen) atoms. The molecule has 4 atom stereocenters. The first-order valence-electron chi connectivity index (χ1n) is 5.97. The van der Waals surface area contributed by atoms with E-state index in [1.807, 2.05) is 0 Å². The number of hydrogen-bond donors (Lipinski definition) is 0. The summed E-state index contributed by atoms with van der Waals surface area (Å²) in [5.41, 5.74) is 0. The van der Waals surface area contributed by atoms with Crippen LogP contribution in [0.4, 0.5) is 4.79 Å². The van der Waals surface area contributed by atoms with Gasteiger partial charge in [-0.3, -0.25) is 0 Å². The molecule has 0 bridgehead atoms. The summed E-state index contributed by atoms with van der Waals surface area (Å²) in [6.07, 6.45) is 2.16. The number of carbonyl (C=O) groups is 1. The summed E-state index contributed by atoms with van der Waals surface area (Å²) in [5, 5.41) is 0. The molecule has 0 amide bonds. The van der Waals surface area contributed by atoms with E-state index in [1.54, 1.807) is 0 Å². The monoisotopic (exact) mass is 244 g/mol. The summed E-state index contributed by atoms with van der Waals surface area (Å²) in [5.74, 6) is 0.296. The van der Waals surface area contributed by atoms with E-state index in [-0.39, 0.29) is 25.1 Å². The van der Waals surface area contributed by atoms with Crippen molar-refractivity contribution in [2.75, 3.05) is 20.2 Å². The van der Waals surface area contributed by atoms with E-state index in [0.29, 0.717) is 19.3 Å². The predicted octanol–water partition coefficient (Wildman–Crippen LogP) is 1.04. The minimum atomic E-state index is -0.557. The van der Waals surface area contributed by atoms with Crippen molar-refractivity contribution in [1.82, 2.24) is 0 Å². The van der Waals surface area contributed by atoms with Gasteiger partial charge in [0.15, 0.2) is 0 Å². The predicted molar refractivity (Wildman–Crippen MR) is 54.1 cm³/mol. The van der Waals surface area contributed by atoms with Crippen molar-refractivity contribution in [2.45, 2.75) is 37.6 Å². The van der Waals surface area contributed by atoms with Crippen LogP contribution in [0.1, 0.15) is 19.3 Å². The second kappa shape index (κ2) is 4.80. The van der Waals surface area contributed by atoms with Crippen LogP contribution < -0.4 is 0 Å². The average molecular weight is 244 g/mol. The molecule has 6 heteroatoms. The van der Waals surface area contributed by atoms with Crippen molar-refractivity contribution < 1.29 is 28.5 Å². The summed E-state index contributed by atoms with van der Waals surface area (Å²) >= 11 is 0. The fraction of sp³-hybridized carbons (Fsp3) is 0.909. The van der Waals surface area contributed by atoms with Gasteiger partial charge in [-0.1, -0.05) is 0 Å². The standard InChI is InChI=1S/C11H16O6/c12-11-14-4-10(17-11)7-1-2-8-9(3-7)16-6-13-5-15-8/h7-10H,1-6H2. The Balaban J connectivity index is 1.60. The molecule has 0 N–H and O–H groups in total. The molecule has 2 heterocycles. The van der Waals surface area contributed by atoms with Gasteiger partial charge in [-0.2, -0.15) is 0 Å². The third-order valence-electron chi connectivity index (χ3n) is 3.64. The van der Waals surface area contributed by atoms with E-state index >= 15 is 0 Å². The van der Waals surface area contributed by atoms with Gasteiger partial charge in [0.25, 0.3) is 0 Å². The van der Waals surface area contributed by atoms with Gasteiger partial charge in [0.05, 0.1) is 12.2 Å². The van der Waals surface area contributed by atoms with Crippen LogP contribution in [0.15, 0.2) is 0 Å². The van der Waals surface area contributed by atoms with Crippen molar-refractivity contribution in [1.29, 1.82) is 0 Å². The Kier molecular flexibility index (Phi) is 3.17. The lowest BCUT2D eigenvalue weighted by Crippen LogP contribution is -2.40. The van der Waals surface area contributed by atoms with Crippen LogP contribution >= 0.6 is 0 Å². The molecule has 3 fully saturated rings. The molecule has 0 aromatic heterocycles. The summed E-state index contributed by atoms with van der Waals surface area (Å²) < 4.78 is 26.2. The molecule has 0 radical (unpaired) electrons. The SMILES string of the molecule is O=C1OCC(C2CCC3OCOCOC3C2)O1. The van der Waals surface area contributed by atoms with Gasteiger partial charge in [0.2, 0.25) is 0 Å². The number of fused-ring (bicyclic) bond motifs is 1. The molecule has 1 aliphatic carbocycles. The van der Waals surface area contributed by atoms with E-state index in [0.717, 1.165) is 19.3 Å². The molecule has 0 aromatic rings. The van der Waals surface area contributed by atoms with Crippen molar-refractivity contribution in [3.63, 3.8) is 0 Å². The van der Waals surface area contributed by atoms with Gasteiger partial charge in [-0.25, -0.2) is 4.79 Å². The average Bonchev–Trinajstić information content (AvgIpc) is 2.64. The normalized spacial score (nSPS) is 42.2. The minimum Gasteiger partial charge on any atom is -0.430 e. The number of carbonyl (C=O) groups excluding carboxylic acids is 1. The van der Waals surface area contributed by atoms with Crippen LogP contribution in [0.3, 0.4) is 0 Å². The topological polar surface area (TPSA) is 63.2 Å². The summed E-state index contributed by atoms with van der Waals surface area (Å²) in [4.78, 5) is 10.9. The second-order valence-corrected chi connectivity index (χ2v) is 4.64. The second-order valence-electron chi connectivity index (χ2n) is 4.64. The molecular formula is C11H16O6. The van der Waals surface area contributed by atoms with E-state index < -0.39 is 6.16 Å². The highest BCUT2D eigenvalue weighted by Gasteiger charge is 2.40.